The Morgan fingerprint density at radius 3 is 2.29 bits per heavy atom. The smallest absolute Gasteiger partial charge is 0.174 e. The molecule has 4 heterocycles. The summed E-state index contributed by atoms with van der Waals surface area (Å²) in [5, 5.41) is 5.01. The summed E-state index contributed by atoms with van der Waals surface area (Å²) in [6.07, 6.45) is 1.84. The summed E-state index contributed by atoms with van der Waals surface area (Å²) in [6.45, 7) is 7.66. The van der Waals surface area contributed by atoms with Crippen LogP contribution in [-0.4, -0.2) is 41.0 Å². The van der Waals surface area contributed by atoms with E-state index in [9.17, 15) is 0 Å². The van der Waals surface area contributed by atoms with E-state index >= 15 is 0 Å². The average Bonchev–Trinajstić information content (AvgIpc) is 3.45. The highest BCUT2D eigenvalue weighted by molar-refractivity contribution is 7.80. The molecule has 1 N–H and O–H groups in total. The highest BCUT2D eigenvalue weighted by atomic mass is 35.5. The molecule has 2 aliphatic heterocycles. The molecule has 2 aliphatic rings. The molecule has 0 amide bonds. The molecule has 0 radical (unpaired) electrons. The normalized spacial score (nSPS) is 19.6. The minimum absolute atomic E-state index is 0.0705. The Balaban J connectivity index is 1.43. The number of morpholine rings is 1. The SMILES string of the molecule is Cc1cc([C@H]2[C@H](c3ccccn3)NC(=S)N2c2ccc(N3CCOCC3)cc2)c(C)n1-c1ccc(Cl)cc1. The van der Waals surface area contributed by atoms with E-state index in [0.29, 0.717) is 5.11 Å². The monoisotopic (exact) mass is 543 g/mol. The van der Waals surface area contributed by atoms with Crippen LogP contribution in [0.3, 0.4) is 0 Å². The predicted molar refractivity (Wildman–Crippen MR) is 158 cm³/mol. The summed E-state index contributed by atoms with van der Waals surface area (Å²) in [7, 11) is 0. The summed E-state index contributed by atoms with van der Waals surface area (Å²) in [5.41, 5.74) is 7.83. The van der Waals surface area contributed by atoms with Gasteiger partial charge in [0.05, 0.1) is 31.0 Å². The van der Waals surface area contributed by atoms with Gasteiger partial charge in [-0.05, 0) is 98.4 Å². The van der Waals surface area contributed by atoms with Crippen molar-refractivity contribution in [2.24, 2.45) is 0 Å². The van der Waals surface area contributed by atoms with Crippen LogP contribution >= 0.6 is 23.8 Å². The molecule has 194 valence electrons. The highest BCUT2D eigenvalue weighted by Crippen LogP contribution is 2.44. The fraction of sp³-hybridized carbons (Fsp3) is 0.267. The molecule has 2 aromatic carbocycles. The minimum Gasteiger partial charge on any atom is -0.378 e. The molecule has 38 heavy (non-hydrogen) atoms. The molecule has 2 saturated heterocycles. The number of benzene rings is 2. The number of rotatable bonds is 5. The molecule has 0 saturated carbocycles. The average molecular weight is 544 g/mol. The van der Waals surface area contributed by atoms with Crippen molar-refractivity contribution in [3.63, 3.8) is 0 Å². The van der Waals surface area contributed by atoms with Gasteiger partial charge < -0.3 is 24.4 Å². The molecular formula is C30H30ClN5OS. The van der Waals surface area contributed by atoms with E-state index in [1.165, 1.54) is 11.3 Å². The summed E-state index contributed by atoms with van der Waals surface area (Å²) in [5.74, 6) is 0. The second kappa shape index (κ2) is 10.4. The van der Waals surface area contributed by atoms with E-state index in [1.54, 1.807) is 0 Å². The maximum absolute atomic E-state index is 6.18. The molecule has 2 fully saturated rings. The van der Waals surface area contributed by atoms with Crippen molar-refractivity contribution in [2.75, 3.05) is 36.1 Å². The Bertz CT molecular complexity index is 1430. The third-order valence-corrected chi connectivity index (χ3v) is 8.04. The van der Waals surface area contributed by atoms with Gasteiger partial charge in [-0.2, -0.15) is 0 Å². The number of nitrogens with one attached hydrogen (secondary N) is 1. The molecule has 0 spiro atoms. The van der Waals surface area contributed by atoms with Gasteiger partial charge in [-0.3, -0.25) is 4.98 Å². The highest BCUT2D eigenvalue weighted by Gasteiger charge is 2.42. The number of pyridine rings is 1. The van der Waals surface area contributed by atoms with Crippen molar-refractivity contribution in [1.82, 2.24) is 14.9 Å². The number of nitrogens with zero attached hydrogens (tertiary/aromatic N) is 4. The molecule has 4 aromatic rings. The van der Waals surface area contributed by atoms with E-state index in [-0.39, 0.29) is 12.1 Å². The molecule has 2 aromatic heterocycles. The number of hydrogen-bond donors (Lipinski definition) is 1. The van der Waals surface area contributed by atoms with Crippen LogP contribution in [0, 0.1) is 13.8 Å². The molecule has 0 unspecified atom stereocenters. The van der Waals surface area contributed by atoms with Crippen molar-refractivity contribution in [2.45, 2.75) is 25.9 Å². The fourth-order valence-electron chi connectivity index (χ4n) is 5.67. The number of hydrogen-bond acceptors (Lipinski definition) is 4. The molecule has 8 heteroatoms. The number of anilines is 2. The Morgan fingerprint density at radius 1 is 0.921 bits per heavy atom. The number of thiocarbonyl (C=S) groups is 1. The van der Waals surface area contributed by atoms with Gasteiger partial charge in [0, 0.05) is 52.8 Å². The molecule has 0 bridgehead atoms. The zero-order valence-electron chi connectivity index (χ0n) is 21.5. The third kappa shape index (κ3) is 4.55. The van der Waals surface area contributed by atoms with Gasteiger partial charge >= 0.3 is 0 Å². The summed E-state index contributed by atoms with van der Waals surface area (Å²) >= 11 is 12.1. The van der Waals surface area contributed by atoms with Gasteiger partial charge in [0.25, 0.3) is 0 Å². The lowest BCUT2D eigenvalue weighted by molar-refractivity contribution is 0.122. The Hall–Kier alpha value is -3.39. The van der Waals surface area contributed by atoms with E-state index in [2.05, 4.69) is 82.1 Å². The van der Waals surface area contributed by atoms with E-state index in [4.69, 9.17) is 33.5 Å². The number of ether oxygens (including phenoxy) is 1. The van der Waals surface area contributed by atoms with E-state index in [1.807, 2.05) is 30.5 Å². The van der Waals surface area contributed by atoms with Crippen LogP contribution in [-0.2, 0) is 4.74 Å². The van der Waals surface area contributed by atoms with Crippen molar-refractivity contribution < 1.29 is 4.74 Å². The van der Waals surface area contributed by atoms with Crippen LogP contribution in [0.25, 0.3) is 5.69 Å². The summed E-state index contributed by atoms with van der Waals surface area (Å²) in [4.78, 5) is 9.32. The van der Waals surface area contributed by atoms with Crippen LogP contribution in [0.1, 0.15) is 34.7 Å². The van der Waals surface area contributed by atoms with Gasteiger partial charge in [0.1, 0.15) is 0 Å². The number of halogens is 1. The van der Waals surface area contributed by atoms with Crippen LogP contribution in [0.15, 0.2) is 79.0 Å². The summed E-state index contributed by atoms with van der Waals surface area (Å²) < 4.78 is 7.81. The molecule has 6 rings (SSSR count). The summed E-state index contributed by atoms with van der Waals surface area (Å²) in [6, 6.07) is 24.8. The van der Waals surface area contributed by atoms with Crippen LogP contribution in [0.5, 0.6) is 0 Å². The first-order valence-electron chi connectivity index (χ1n) is 12.9. The lowest BCUT2D eigenvalue weighted by Crippen LogP contribution is -2.36. The van der Waals surface area contributed by atoms with Crippen molar-refractivity contribution >= 4 is 40.3 Å². The second-order valence-corrected chi connectivity index (χ2v) is 10.6. The van der Waals surface area contributed by atoms with Crippen LogP contribution in [0.2, 0.25) is 5.02 Å². The lowest BCUT2D eigenvalue weighted by Gasteiger charge is -2.31. The van der Waals surface area contributed by atoms with Crippen LogP contribution < -0.4 is 15.1 Å². The Kier molecular flexibility index (Phi) is 6.82. The molecule has 0 aliphatic carbocycles. The largest absolute Gasteiger partial charge is 0.378 e. The quantitative estimate of drug-likeness (QED) is 0.304. The number of aryl methyl sites for hydroxylation is 1. The topological polar surface area (TPSA) is 45.6 Å². The molecule has 6 nitrogen and oxygen atoms in total. The van der Waals surface area contributed by atoms with E-state index < -0.39 is 0 Å². The minimum atomic E-state index is -0.0956. The van der Waals surface area contributed by atoms with Gasteiger partial charge in [-0.1, -0.05) is 17.7 Å². The molecular weight excluding hydrogens is 514 g/mol. The third-order valence-electron chi connectivity index (χ3n) is 7.48. The first-order valence-corrected chi connectivity index (χ1v) is 13.7. The zero-order valence-corrected chi connectivity index (χ0v) is 23.0. The maximum Gasteiger partial charge on any atom is 0.174 e. The first-order chi connectivity index (χ1) is 18.5. The van der Waals surface area contributed by atoms with Crippen molar-refractivity contribution in [1.29, 1.82) is 0 Å². The predicted octanol–water partition coefficient (Wildman–Crippen LogP) is 6.16. The Morgan fingerprint density at radius 2 is 1.61 bits per heavy atom. The standard InChI is InChI=1S/C30H30ClN5OS/c1-20-19-26(21(2)35(20)24-8-6-22(31)7-9-24)29-28(27-5-3-4-14-32-27)33-30(38)36(29)25-12-10-23(11-13-25)34-15-17-37-18-16-34/h3-14,19,28-29H,15-18H2,1-2H3,(H,33,38)/t28-,29-/m0/s1. The van der Waals surface area contributed by atoms with Crippen LogP contribution in [0.4, 0.5) is 11.4 Å². The maximum atomic E-state index is 6.18. The van der Waals surface area contributed by atoms with E-state index in [0.717, 1.165) is 59.8 Å². The first kappa shape index (κ1) is 24.9. The lowest BCUT2D eigenvalue weighted by atomic mass is 9.96. The van der Waals surface area contributed by atoms with Crippen molar-refractivity contribution in [3.05, 3.63) is 107 Å². The van der Waals surface area contributed by atoms with Gasteiger partial charge in [0.15, 0.2) is 5.11 Å². The molecule has 2 atom stereocenters. The van der Waals surface area contributed by atoms with Gasteiger partial charge in [0.2, 0.25) is 0 Å². The Labute approximate surface area is 233 Å². The fourth-order valence-corrected chi connectivity index (χ4v) is 6.14. The van der Waals surface area contributed by atoms with Gasteiger partial charge in [-0.25, -0.2) is 0 Å². The second-order valence-electron chi connectivity index (χ2n) is 9.75. The number of aromatic nitrogens is 2. The van der Waals surface area contributed by atoms with Crippen molar-refractivity contribution in [3.8, 4) is 5.69 Å². The zero-order chi connectivity index (χ0) is 26.2. The van der Waals surface area contributed by atoms with Gasteiger partial charge in [-0.15, -0.1) is 0 Å².